The molecule has 23 nitrogen and oxygen atoms in total. The molecule has 13 aliphatic rings. The van der Waals surface area contributed by atoms with Crippen molar-refractivity contribution in [1.82, 2.24) is 20.2 Å². The molecule has 10 fully saturated rings. The molecule has 107 heavy (non-hydrogen) atoms. The fraction of sp³-hybridized carbons (Fsp3) is 0.643. The Hall–Kier alpha value is -7.06. The maximum atomic E-state index is 14.2. The highest BCUT2D eigenvalue weighted by Gasteiger charge is 2.97. The molecule has 6 saturated heterocycles. The predicted molar refractivity (Wildman–Crippen MR) is 395 cm³/mol. The van der Waals surface area contributed by atoms with Gasteiger partial charge in [-0.05, 0) is 185 Å². The second-order valence-electron chi connectivity index (χ2n) is 33.1. The average Bonchev–Trinajstić information content (AvgIpc) is 1.43. The molecule has 15 rings (SSSR count). The van der Waals surface area contributed by atoms with Crippen LogP contribution in [0.15, 0.2) is 132 Å². The second kappa shape index (κ2) is 31.4. The van der Waals surface area contributed by atoms with E-state index in [9.17, 15) is 44.1 Å². The maximum Gasteiger partial charge on any atom is 0.366 e. The van der Waals surface area contributed by atoms with Gasteiger partial charge in [0.05, 0.1) is 64.3 Å². The van der Waals surface area contributed by atoms with Crippen molar-refractivity contribution < 1.29 is 91.5 Å². The third kappa shape index (κ3) is 14.0. The number of ether oxygens (including phenoxy) is 10. The molecule has 584 valence electrons. The lowest BCUT2D eigenvalue weighted by atomic mass is 9.37. The number of methoxy groups -OCH3 is 2. The van der Waals surface area contributed by atoms with Crippen LogP contribution in [0.3, 0.4) is 0 Å². The molecule has 0 radical (unpaired) electrons. The minimum atomic E-state index is -2.82. The van der Waals surface area contributed by atoms with Crippen LogP contribution in [0.5, 0.6) is 0 Å². The topological polar surface area (TPSA) is 300 Å². The van der Waals surface area contributed by atoms with E-state index in [1.165, 1.54) is 99.4 Å². The molecule has 23 heteroatoms. The predicted octanol–water partition coefficient (Wildman–Crippen LogP) is 10.9. The summed E-state index contributed by atoms with van der Waals surface area (Å²) in [4.78, 5) is 89.5. The van der Waals surface area contributed by atoms with E-state index < -0.39 is 137 Å². The van der Waals surface area contributed by atoms with Gasteiger partial charge < -0.3 is 68.0 Å². The van der Waals surface area contributed by atoms with Gasteiger partial charge in [0.1, 0.15) is 34.9 Å². The Balaban J connectivity index is 0.000000164. The summed E-state index contributed by atoms with van der Waals surface area (Å²) in [5.74, 6) is -8.96. The first-order valence-electron chi connectivity index (χ1n) is 38.2. The van der Waals surface area contributed by atoms with Gasteiger partial charge in [-0.25, -0.2) is 9.59 Å². The van der Waals surface area contributed by atoms with Gasteiger partial charge in [-0.2, -0.15) is 0 Å². The van der Waals surface area contributed by atoms with Crippen LogP contribution in [0.4, 0.5) is 0 Å². The van der Waals surface area contributed by atoms with Crippen molar-refractivity contribution >= 4 is 35.6 Å². The number of nitrogens with one attached hydrogen (secondary N) is 1. The van der Waals surface area contributed by atoms with Gasteiger partial charge in [-0.1, -0.05) is 86.9 Å². The Bertz CT molecular complexity index is 3860. The van der Waals surface area contributed by atoms with E-state index in [4.69, 9.17) is 47.4 Å². The van der Waals surface area contributed by atoms with E-state index in [1.807, 2.05) is 57.7 Å². The van der Waals surface area contributed by atoms with Crippen LogP contribution in [-0.2, 0) is 76.1 Å². The highest BCUT2D eigenvalue weighted by molar-refractivity contribution is 6.00. The summed E-state index contributed by atoms with van der Waals surface area (Å²) in [5.41, 5.74) is -1.08. The standard InChI is InChI=1S/C35H44O16.C19H26O3.2C10H14N2.C10H16/c1-8-15(2)24(38)49-18-12-19(48-16(3)36)32(26(39)43-6)13-46-21-22(32)31(18)14-47-34(42,27(40)44-7)25(31)29(4,23(21)37)35-20-11-17(30(35,5)51-35)33(41)9-10-45-28(33)50-20;1-7-8-13-12(4)16(10-15(13)20)22-18(21)17-14(9-11(2)3)19(17,5)6;1-12-7-3-5-10(12)9-4-2-6-11-8-9;1-2-7-12-10(5-1)9-4-3-6-11-8-9;1-8(2)10-6-4-9(3)5-7-10/h8-10,17-23,25,28,37,41-42H,11-14H2,1-7H3;7,9,14,16-17H,1,8,10H2,2-6H3;2,4,6,8,10H,3,5,7H2,1H3;3-4,6,8,10,12H,1-2,5,7H2;4,10H,1,5-7H2,2-3H3/b15-8+;;;;/t17-,18+,19-,20+,21-,22-,23-,25+,28+,29-,30+,31+,32+,33+,34+,35+;;3*10-/m1.000/s1. The summed E-state index contributed by atoms with van der Waals surface area (Å²) in [5, 5.41) is 40.9. The molecule has 0 amide bonds. The molecule has 4 saturated carbocycles. The minimum Gasteiger partial charge on any atom is -0.469 e. The molecule has 4 N–H and O–H groups in total. The number of piperidine rings is 1. The van der Waals surface area contributed by atoms with Crippen LogP contribution in [0.2, 0.25) is 0 Å². The zero-order valence-corrected chi connectivity index (χ0v) is 65.2. The number of aliphatic hydroxyl groups is 3. The van der Waals surface area contributed by atoms with Crippen molar-refractivity contribution in [3.8, 4) is 0 Å². The van der Waals surface area contributed by atoms with Crippen LogP contribution >= 0.6 is 0 Å². The van der Waals surface area contributed by atoms with Crippen molar-refractivity contribution in [2.24, 2.45) is 57.2 Å². The summed E-state index contributed by atoms with van der Waals surface area (Å²) < 4.78 is 59.6. The minimum absolute atomic E-state index is 0.0570. The fourth-order valence-electron chi connectivity index (χ4n) is 20.6. The Morgan fingerprint density at radius 3 is 2.15 bits per heavy atom. The number of epoxide rings is 1. The Kier molecular flexibility index (Phi) is 23.7. The van der Waals surface area contributed by atoms with Gasteiger partial charge >= 0.3 is 29.8 Å². The number of carbonyl (C=O) groups is 6. The number of hydrogen-bond acceptors (Lipinski definition) is 23. The molecule has 1 spiro atoms. The molecule has 2 aromatic rings. The number of carbonyl (C=O) groups excluding carboxylic acids is 6. The van der Waals surface area contributed by atoms with Crippen LogP contribution in [0, 0.1) is 57.2 Å². The number of rotatable bonds is 14. The van der Waals surface area contributed by atoms with Crippen LogP contribution in [-0.4, -0.2) is 179 Å². The van der Waals surface area contributed by atoms with Crippen LogP contribution in [0.1, 0.15) is 183 Å². The largest absolute Gasteiger partial charge is 0.469 e. The average molecular weight is 1480 g/mol. The van der Waals surface area contributed by atoms with E-state index in [1.54, 1.807) is 45.4 Å². The molecule has 3 unspecified atom stereocenters. The summed E-state index contributed by atoms with van der Waals surface area (Å²) in [6, 6.07) is 9.49. The fourth-order valence-corrected chi connectivity index (χ4v) is 20.6. The number of hydrogen-bond donors (Lipinski definition) is 4. The van der Waals surface area contributed by atoms with Crippen LogP contribution in [0.25, 0.3) is 0 Å². The van der Waals surface area contributed by atoms with Crippen molar-refractivity contribution in [3.63, 3.8) is 0 Å². The third-order valence-electron chi connectivity index (χ3n) is 26.4. The van der Waals surface area contributed by atoms with Crippen molar-refractivity contribution in [1.29, 1.82) is 0 Å². The molecular formula is C84H114N4O19. The Morgan fingerprint density at radius 1 is 0.869 bits per heavy atom. The summed E-state index contributed by atoms with van der Waals surface area (Å²) in [6.07, 6.45) is 21.5. The summed E-state index contributed by atoms with van der Waals surface area (Å²) >= 11 is 0. The summed E-state index contributed by atoms with van der Waals surface area (Å²) in [6.45, 7) is 31.4. The van der Waals surface area contributed by atoms with E-state index in [-0.39, 0.29) is 53.8 Å². The van der Waals surface area contributed by atoms with Gasteiger partial charge in [0.2, 0.25) is 6.29 Å². The maximum absolute atomic E-state index is 14.2. The highest BCUT2D eigenvalue weighted by atomic mass is 16.7. The monoisotopic (exact) mass is 1480 g/mol. The van der Waals surface area contributed by atoms with Crippen molar-refractivity contribution in [3.05, 3.63) is 143 Å². The molecule has 2 aromatic heterocycles. The van der Waals surface area contributed by atoms with Gasteiger partial charge in [-0.3, -0.25) is 34.0 Å². The number of aliphatic hydroxyl groups excluding tert-OH is 1. The molecule has 2 bridgehead atoms. The number of esters is 5. The number of Topliss-reactive ketones (excluding diaryl/α,β-unsaturated/α-hetero) is 1. The van der Waals surface area contributed by atoms with Crippen molar-refractivity contribution in [2.45, 2.75) is 238 Å². The van der Waals surface area contributed by atoms with Gasteiger partial charge in [-0.15, -0.1) is 6.58 Å². The SMILES string of the molecule is C/C=C(\C)C(=O)O[C@H]1C[C@@H](OC(C)=O)[C@@]2(C(=O)OC)CO[C@H]3[C@@H](O)[C@@](C)([C@]45O[C@@]4(C)[C@H]4C[C@@H]5O[C@@H]5OC=C[C@@]54O)[C@H]4[C@]1(CO[C@]4(O)C(=O)OC)[C@@H]32.C=C(C)[C@H]1CC=C(C)CC1.C=CCC1=C(C)C(OC(=O)C2C(C=C(C)C)C2(C)C)CC1=O.CN1CCC[C@H]1c1cccnc1.c1cncc([C@@H]2CCCCN2)c1. The first kappa shape index (κ1) is 80.9. The molecule has 9 heterocycles. The highest BCUT2D eigenvalue weighted by Crippen LogP contribution is 2.83. The van der Waals surface area contributed by atoms with Gasteiger partial charge in [0, 0.05) is 89.9 Å². The smallest absolute Gasteiger partial charge is 0.366 e. The first-order chi connectivity index (χ1) is 50.7. The number of aromatic nitrogens is 2. The molecule has 22 atom stereocenters. The normalized spacial score (nSPS) is 39.6. The number of ketones is 1. The van der Waals surface area contributed by atoms with Gasteiger partial charge in [0.15, 0.2) is 11.4 Å². The molecule has 0 aromatic carbocycles. The van der Waals surface area contributed by atoms with E-state index >= 15 is 0 Å². The van der Waals surface area contributed by atoms with Gasteiger partial charge in [0.25, 0.3) is 5.79 Å². The number of nitrogens with zero attached hydrogens (tertiary/aromatic N) is 3. The quantitative estimate of drug-likeness (QED) is 0.0449. The van der Waals surface area contributed by atoms with E-state index in [2.05, 4.69) is 92.4 Å². The first-order valence-corrected chi connectivity index (χ1v) is 38.2. The number of likely N-dealkylation sites (tertiary alicyclic amines) is 1. The zero-order chi connectivity index (χ0) is 77.7. The van der Waals surface area contributed by atoms with E-state index in [0.29, 0.717) is 18.5 Å². The zero-order valence-electron chi connectivity index (χ0n) is 65.2. The third-order valence-corrected chi connectivity index (χ3v) is 26.4. The Labute approximate surface area is 630 Å². The molecular weight excluding hydrogens is 1370 g/mol. The van der Waals surface area contributed by atoms with Crippen molar-refractivity contribution in [2.75, 3.05) is 47.6 Å². The van der Waals surface area contributed by atoms with Crippen LogP contribution < -0.4 is 5.32 Å². The van der Waals surface area contributed by atoms with E-state index in [0.717, 1.165) is 37.8 Å². The summed E-state index contributed by atoms with van der Waals surface area (Å²) in [7, 11) is 4.42. The number of pyridine rings is 2. The molecule has 6 aliphatic carbocycles. The number of fused-ring (bicyclic) bond motifs is 7. The lowest BCUT2D eigenvalue weighted by Gasteiger charge is -2.65. The Morgan fingerprint density at radius 2 is 1.57 bits per heavy atom. The lowest BCUT2D eigenvalue weighted by Crippen LogP contribution is -2.79. The molecule has 7 aliphatic heterocycles. The second-order valence-corrected chi connectivity index (χ2v) is 33.1. The lowest BCUT2D eigenvalue weighted by molar-refractivity contribution is -0.314. The number of allylic oxidation sites excluding steroid dienone is 8.